The fraction of sp³-hybridized carbons (Fsp3) is 0.250. The van der Waals surface area contributed by atoms with E-state index in [0.29, 0.717) is 28.9 Å². The third kappa shape index (κ3) is 5.78. The molecule has 0 radical (unpaired) electrons. The molecule has 1 atom stereocenters. The Hall–Kier alpha value is -3.19. The topological polar surface area (TPSA) is 60.0 Å². The molecular formula is C28H26Cl2N2O4. The maximum atomic E-state index is 13.1. The van der Waals surface area contributed by atoms with Crippen LogP contribution in [0.25, 0.3) is 0 Å². The minimum absolute atomic E-state index is 0.112. The minimum Gasteiger partial charge on any atom is -0.466 e. The highest BCUT2D eigenvalue weighted by atomic mass is 35.5. The van der Waals surface area contributed by atoms with Crippen LogP contribution in [0.5, 0.6) is 0 Å². The first kappa shape index (κ1) is 24.5. The quantitative estimate of drug-likeness (QED) is 0.449. The van der Waals surface area contributed by atoms with Crippen molar-refractivity contribution in [3.8, 4) is 0 Å². The standard InChI is InChI=1S/C28H26Cl2N2O4/c29-22-10-6-20(7-11-22)27(21-8-12-23(30)13-9-21)36-24-16-32(17-24)28(33)31-26(19-4-2-1-3-5-19)25-18-34-14-15-35-25/h1-2,4,6-15,18,24,26-27H,3,5,16-17H2,(H,31,33). The van der Waals surface area contributed by atoms with E-state index in [2.05, 4.69) is 11.4 Å². The van der Waals surface area contributed by atoms with Gasteiger partial charge in [-0.15, -0.1) is 0 Å². The lowest BCUT2D eigenvalue weighted by Gasteiger charge is -2.41. The van der Waals surface area contributed by atoms with Gasteiger partial charge < -0.3 is 24.4 Å². The number of urea groups is 1. The Kier molecular flexibility index (Phi) is 7.66. The molecule has 186 valence electrons. The molecule has 1 N–H and O–H groups in total. The van der Waals surface area contributed by atoms with Gasteiger partial charge in [0, 0.05) is 10.0 Å². The summed E-state index contributed by atoms with van der Waals surface area (Å²) < 4.78 is 17.4. The highest BCUT2D eigenvalue weighted by molar-refractivity contribution is 6.30. The number of nitrogens with zero attached hydrogens (tertiary/aromatic N) is 1. The van der Waals surface area contributed by atoms with Crippen LogP contribution < -0.4 is 5.32 Å². The summed E-state index contributed by atoms with van der Waals surface area (Å²) in [5.74, 6) is 0.547. The number of halogens is 2. The van der Waals surface area contributed by atoms with E-state index >= 15 is 0 Å². The van der Waals surface area contributed by atoms with Gasteiger partial charge in [-0.25, -0.2) is 4.79 Å². The SMILES string of the molecule is O=C(NC(C1=CC=CCC1)C1=COC=CO1)N1CC(OC(c2ccc(Cl)cc2)c2ccc(Cl)cc2)C1. The molecule has 3 aliphatic rings. The van der Waals surface area contributed by atoms with E-state index in [0.717, 1.165) is 29.5 Å². The molecule has 36 heavy (non-hydrogen) atoms. The average Bonchev–Trinajstić information content (AvgIpc) is 2.89. The molecule has 2 aromatic rings. The summed E-state index contributed by atoms with van der Waals surface area (Å²) in [5, 5.41) is 4.43. The van der Waals surface area contributed by atoms with Crippen LogP contribution in [-0.4, -0.2) is 36.2 Å². The first-order valence-corrected chi connectivity index (χ1v) is 12.6. The van der Waals surface area contributed by atoms with Crippen molar-refractivity contribution in [3.63, 3.8) is 0 Å². The van der Waals surface area contributed by atoms with E-state index in [-0.39, 0.29) is 18.2 Å². The molecule has 2 heterocycles. The molecule has 1 saturated heterocycles. The van der Waals surface area contributed by atoms with Gasteiger partial charge in [0.2, 0.25) is 0 Å². The number of likely N-dealkylation sites (tertiary alicyclic amines) is 1. The van der Waals surface area contributed by atoms with E-state index in [1.54, 1.807) is 4.90 Å². The highest BCUT2D eigenvalue weighted by Crippen LogP contribution is 2.32. The number of hydrogen-bond donors (Lipinski definition) is 1. The van der Waals surface area contributed by atoms with Gasteiger partial charge in [-0.05, 0) is 53.8 Å². The molecule has 2 amide bonds. The highest BCUT2D eigenvalue weighted by Gasteiger charge is 2.36. The van der Waals surface area contributed by atoms with E-state index in [1.165, 1.54) is 18.8 Å². The molecule has 0 bridgehead atoms. The smallest absolute Gasteiger partial charge is 0.318 e. The lowest BCUT2D eigenvalue weighted by Crippen LogP contribution is -2.59. The van der Waals surface area contributed by atoms with Gasteiger partial charge >= 0.3 is 6.03 Å². The Morgan fingerprint density at radius 1 is 1.00 bits per heavy atom. The van der Waals surface area contributed by atoms with Crippen molar-refractivity contribution >= 4 is 29.2 Å². The number of hydrogen-bond acceptors (Lipinski definition) is 4. The van der Waals surface area contributed by atoms with E-state index < -0.39 is 6.04 Å². The average molecular weight is 525 g/mol. The summed E-state index contributed by atoms with van der Waals surface area (Å²) >= 11 is 12.2. The van der Waals surface area contributed by atoms with Gasteiger partial charge in [0.05, 0.1) is 19.2 Å². The van der Waals surface area contributed by atoms with Gasteiger partial charge in [0.15, 0.2) is 5.76 Å². The Morgan fingerprint density at radius 3 is 2.22 bits per heavy atom. The van der Waals surface area contributed by atoms with Crippen LogP contribution >= 0.6 is 23.2 Å². The first-order chi connectivity index (χ1) is 17.6. The fourth-order valence-corrected chi connectivity index (χ4v) is 4.59. The first-order valence-electron chi connectivity index (χ1n) is 11.8. The van der Waals surface area contributed by atoms with Crippen molar-refractivity contribution < 1.29 is 19.0 Å². The van der Waals surface area contributed by atoms with Crippen LogP contribution in [0.3, 0.4) is 0 Å². The summed E-state index contributed by atoms with van der Waals surface area (Å²) in [5.41, 5.74) is 3.03. The normalized spacial score (nSPS) is 18.0. The fourth-order valence-electron chi connectivity index (χ4n) is 4.34. The van der Waals surface area contributed by atoms with Crippen LogP contribution in [-0.2, 0) is 14.2 Å². The van der Waals surface area contributed by atoms with Crippen LogP contribution in [0, 0.1) is 0 Å². The zero-order chi connectivity index (χ0) is 24.9. The summed E-state index contributed by atoms with van der Waals surface area (Å²) in [6, 6.07) is 14.6. The molecule has 8 heteroatoms. The van der Waals surface area contributed by atoms with Crippen molar-refractivity contribution in [2.75, 3.05) is 13.1 Å². The van der Waals surface area contributed by atoms with Crippen molar-refractivity contribution in [2.24, 2.45) is 0 Å². The second-order valence-electron chi connectivity index (χ2n) is 8.78. The monoisotopic (exact) mass is 524 g/mol. The van der Waals surface area contributed by atoms with Crippen LogP contribution in [0.1, 0.15) is 30.1 Å². The number of benzene rings is 2. The van der Waals surface area contributed by atoms with E-state index in [9.17, 15) is 4.79 Å². The molecule has 0 saturated carbocycles. The van der Waals surface area contributed by atoms with Gasteiger partial charge in [-0.3, -0.25) is 0 Å². The summed E-state index contributed by atoms with van der Waals surface area (Å²) in [6.07, 6.45) is 11.9. The van der Waals surface area contributed by atoms with Gasteiger partial charge in [-0.2, -0.15) is 0 Å². The Morgan fingerprint density at radius 2 is 1.67 bits per heavy atom. The molecule has 1 unspecified atom stereocenters. The minimum atomic E-state index is -0.400. The van der Waals surface area contributed by atoms with Crippen LogP contribution in [0.4, 0.5) is 4.79 Å². The van der Waals surface area contributed by atoms with Crippen molar-refractivity contribution in [2.45, 2.75) is 31.1 Å². The Bertz CT molecular complexity index is 1150. The summed E-state index contributed by atoms with van der Waals surface area (Å²) in [6.45, 7) is 0.955. The third-order valence-electron chi connectivity index (χ3n) is 6.30. The van der Waals surface area contributed by atoms with Crippen molar-refractivity contribution in [1.82, 2.24) is 10.2 Å². The number of rotatable bonds is 7. The number of carbonyl (C=O) groups excluding carboxylic acids is 1. The Balaban J connectivity index is 1.24. The molecule has 1 aliphatic carbocycles. The molecule has 6 nitrogen and oxygen atoms in total. The van der Waals surface area contributed by atoms with Gasteiger partial charge in [0.25, 0.3) is 0 Å². The second-order valence-corrected chi connectivity index (χ2v) is 9.66. The van der Waals surface area contributed by atoms with Crippen molar-refractivity contribution in [3.05, 3.63) is 118 Å². The summed E-state index contributed by atoms with van der Waals surface area (Å²) in [4.78, 5) is 14.8. The van der Waals surface area contributed by atoms with Gasteiger partial charge in [-0.1, -0.05) is 65.7 Å². The summed E-state index contributed by atoms with van der Waals surface area (Å²) in [7, 11) is 0. The zero-order valence-corrected chi connectivity index (χ0v) is 21.0. The lowest BCUT2D eigenvalue weighted by atomic mass is 9.96. The van der Waals surface area contributed by atoms with Gasteiger partial charge in [0.1, 0.15) is 30.9 Å². The number of carbonyl (C=O) groups is 1. The molecule has 5 rings (SSSR count). The van der Waals surface area contributed by atoms with E-state index in [4.69, 9.17) is 37.4 Å². The zero-order valence-electron chi connectivity index (χ0n) is 19.5. The molecular weight excluding hydrogens is 499 g/mol. The van der Waals surface area contributed by atoms with Crippen LogP contribution in [0.2, 0.25) is 10.0 Å². The third-order valence-corrected chi connectivity index (χ3v) is 6.80. The lowest BCUT2D eigenvalue weighted by molar-refractivity contribution is -0.0647. The molecule has 2 aliphatic heterocycles. The maximum Gasteiger partial charge on any atom is 0.318 e. The predicted octanol–water partition coefficient (Wildman–Crippen LogP) is 6.50. The molecule has 0 spiro atoms. The molecule has 1 fully saturated rings. The van der Waals surface area contributed by atoms with Crippen molar-refractivity contribution in [1.29, 1.82) is 0 Å². The molecule has 2 aromatic carbocycles. The maximum absolute atomic E-state index is 13.1. The number of amides is 2. The molecule has 0 aromatic heterocycles. The number of allylic oxidation sites excluding steroid dienone is 3. The predicted molar refractivity (Wildman–Crippen MR) is 139 cm³/mol. The second kappa shape index (κ2) is 11.2. The number of nitrogens with one attached hydrogen (secondary N) is 1. The van der Waals surface area contributed by atoms with E-state index in [1.807, 2.05) is 60.7 Å². The van der Waals surface area contributed by atoms with Crippen LogP contribution in [0.15, 0.2) is 96.9 Å². The Labute approximate surface area is 220 Å². The largest absolute Gasteiger partial charge is 0.466 e. The number of ether oxygens (including phenoxy) is 3.